The van der Waals surface area contributed by atoms with Crippen LogP contribution in [0.5, 0.6) is 0 Å². The molecule has 0 spiro atoms. The van der Waals surface area contributed by atoms with Crippen molar-refractivity contribution in [1.82, 2.24) is 9.55 Å². The average Bonchev–Trinajstić information content (AvgIpc) is 2.78. The summed E-state index contributed by atoms with van der Waals surface area (Å²) in [6.45, 7) is 4.38. The number of fused-ring (bicyclic) bond motifs is 1. The van der Waals surface area contributed by atoms with Crippen LogP contribution >= 0.6 is 35.0 Å². The van der Waals surface area contributed by atoms with E-state index in [2.05, 4.69) is 26.0 Å². The van der Waals surface area contributed by atoms with E-state index in [0.717, 1.165) is 17.7 Å². The summed E-state index contributed by atoms with van der Waals surface area (Å²) >= 11 is 13.9. The summed E-state index contributed by atoms with van der Waals surface area (Å²) in [6.07, 6.45) is 1.07. The van der Waals surface area contributed by atoms with Crippen LogP contribution in [0.3, 0.4) is 0 Å². The summed E-state index contributed by atoms with van der Waals surface area (Å²) in [6, 6.07) is 21.1. The number of para-hydroxylation sites is 1. The lowest BCUT2D eigenvalue weighted by atomic mass is 9.98. The van der Waals surface area contributed by atoms with Gasteiger partial charge in [-0.3, -0.25) is 9.36 Å². The molecule has 4 aromatic rings. The van der Waals surface area contributed by atoms with Crippen molar-refractivity contribution in [1.29, 1.82) is 0 Å². The summed E-state index contributed by atoms with van der Waals surface area (Å²) in [5, 5.41) is 2.43. The predicted octanol–water partition coefficient (Wildman–Crippen LogP) is 7.50. The molecule has 0 aliphatic carbocycles. The molecule has 3 nitrogen and oxygen atoms in total. The Balaban J connectivity index is 1.79. The first-order valence-electron chi connectivity index (χ1n) is 10.2. The van der Waals surface area contributed by atoms with E-state index >= 15 is 0 Å². The predicted molar refractivity (Wildman–Crippen MR) is 132 cm³/mol. The van der Waals surface area contributed by atoms with E-state index < -0.39 is 0 Å². The summed E-state index contributed by atoms with van der Waals surface area (Å²) in [4.78, 5) is 18.2. The van der Waals surface area contributed by atoms with E-state index in [4.69, 9.17) is 28.2 Å². The molecule has 0 amide bonds. The molecule has 158 valence electrons. The quantitative estimate of drug-likeness (QED) is 0.217. The van der Waals surface area contributed by atoms with Crippen LogP contribution in [0, 0.1) is 0 Å². The molecular formula is C25H22Cl2N2OS. The molecule has 1 atom stereocenters. The second-order valence-corrected chi connectivity index (χ2v) is 9.26. The van der Waals surface area contributed by atoms with Gasteiger partial charge in [-0.2, -0.15) is 0 Å². The van der Waals surface area contributed by atoms with Crippen molar-refractivity contribution in [2.45, 2.75) is 37.1 Å². The Morgan fingerprint density at radius 3 is 2.48 bits per heavy atom. The van der Waals surface area contributed by atoms with Crippen LogP contribution in [0.15, 0.2) is 76.7 Å². The van der Waals surface area contributed by atoms with E-state index in [9.17, 15) is 4.79 Å². The van der Waals surface area contributed by atoms with Crippen molar-refractivity contribution in [3.05, 3.63) is 98.3 Å². The number of rotatable bonds is 6. The number of hydrogen-bond donors (Lipinski definition) is 0. The smallest absolute Gasteiger partial charge is 0.266 e. The lowest BCUT2D eigenvalue weighted by Crippen LogP contribution is -2.21. The molecule has 0 aliphatic heterocycles. The molecule has 6 heteroatoms. The van der Waals surface area contributed by atoms with Crippen molar-refractivity contribution >= 4 is 45.9 Å². The molecule has 1 heterocycles. The SMILES string of the molecule is CCC(C)c1ccc(-n2c(SCc3ccc(Cl)cc3Cl)nc3ccccc3c2=O)cc1. The first kappa shape index (κ1) is 21.9. The summed E-state index contributed by atoms with van der Waals surface area (Å²) < 4.78 is 1.69. The summed E-state index contributed by atoms with van der Waals surface area (Å²) in [7, 11) is 0. The van der Waals surface area contributed by atoms with E-state index in [0.29, 0.717) is 37.8 Å². The maximum absolute atomic E-state index is 13.4. The Hall–Kier alpha value is -2.27. The number of halogens is 2. The number of nitrogens with zero attached hydrogens (tertiary/aromatic N) is 2. The molecule has 0 fully saturated rings. The average molecular weight is 469 g/mol. The lowest BCUT2D eigenvalue weighted by Gasteiger charge is -2.15. The van der Waals surface area contributed by atoms with Gasteiger partial charge in [0.15, 0.2) is 5.16 Å². The molecule has 0 saturated heterocycles. The van der Waals surface area contributed by atoms with Gasteiger partial charge in [0, 0.05) is 15.8 Å². The molecule has 0 aliphatic rings. The third kappa shape index (κ3) is 4.67. The Morgan fingerprint density at radius 2 is 1.77 bits per heavy atom. The van der Waals surface area contributed by atoms with Gasteiger partial charge in [-0.1, -0.05) is 79.1 Å². The second kappa shape index (κ2) is 9.47. The molecule has 0 N–H and O–H groups in total. The zero-order valence-corrected chi connectivity index (χ0v) is 19.6. The van der Waals surface area contributed by atoms with E-state index in [1.54, 1.807) is 10.6 Å². The second-order valence-electron chi connectivity index (χ2n) is 7.48. The zero-order chi connectivity index (χ0) is 22.0. The minimum absolute atomic E-state index is 0.0772. The first-order valence-corrected chi connectivity index (χ1v) is 11.9. The van der Waals surface area contributed by atoms with Gasteiger partial charge in [0.2, 0.25) is 0 Å². The van der Waals surface area contributed by atoms with Crippen LogP contribution in [0.25, 0.3) is 16.6 Å². The third-order valence-electron chi connectivity index (χ3n) is 5.45. The molecule has 4 rings (SSSR count). The van der Waals surface area contributed by atoms with Crippen molar-refractivity contribution in [2.24, 2.45) is 0 Å². The summed E-state index contributed by atoms with van der Waals surface area (Å²) in [5.74, 6) is 1.05. The molecule has 1 aromatic heterocycles. The van der Waals surface area contributed by atoms with Crippen molar-refractivity contribution in [3.8, 4) is 5.69 Å². The van der Waals surface area contributed by atoms with Gasteiger partial charge in [0.25, 0.3) is 5.56 Å². The third-order valence-corrected chi connectivity index (χ3v) is 7.02. The molecule has 0 bridgehead atoms. The minimum atomic E-state index is -0.0772. The van der Waals surface area contributed by atoms with E-state index in [1.807, 2.05) is 48.5 Å². The van der Waals surface area contributed by atoms with Crippen LogP contribution in [-0.2, 0) is 5.75 Å². The maximum Gasteiger partial charge on any atom is 0.266 e. The number of benzene rings is 3. The standard InChI is InChI=1S/C25H22Cl2N2OS/c1-3-16(2)17-9-12-20(13-10-17)29-24(30)21-6-4-5-7-23(21)28-25(29)31-15-18-8-11-19(26)14-22(18)27/h4-14,16H,3,15H2,1-2H3. The topological polar surface area (TPSA) is 34.9 Å². The van der Waals surface area contributed by atoms with Gasteiger partial charge in [0.05, 0.1) is 16.6 Å². The van der Waals surface area contributed by atoms with Crippen LogP contribution in [0.4, 0.5) is 0 Å². The number of thioether (sulfide) groups is 1. The van der Waals surface area contributed by atoms with Crippen LogP contribution < -0.4 is 5.56 Å². The number of hydrogen-bond acceptors (Lipinski definition) is 3. The fraction of sp³-hybridized carbons (Fsp3) is 0.200. The summed E-state index contributed by atoms with van der Waals surface area (Å²) in [5.41, 5.74) is 3.61. The Kier molecular flexibility index (Phi) is 6.71. The fourth-order valence-corrected chi connectivity index (χ4v) is 4.98. The molecule has 3 aromatic carbocycles. The van der Waals surface area contributed by atoms with Gasteiger partial charge in [-0.25, -0.2) is 4.98 Å². The fourth-order valence-electron chi connectivity index (χ4n) is 3.41. The molecular weight excluding hydrogens is 447 g/mol. The number of aromatic nitrogens is 2. The highest BCUT2D eigenvalue weighted by Crippen LogP contribution is 2.29. The largest absolute Gasteiger partial charge is 0.268 e. The Morgan fingerprint density at radius 1 is 1.03 bits per heavy atom. The highest BCUT2D eigenvalue weighted by Gasteiger charge is 2.15. The molecule has 0 saturated carbocycles. The highest BCUT2D eigenvalue weighted by molar-refractivity contribution is 7.98. The van der Waals surface area contributed by atoms with Crippen LogP contribution in [0.1, 0.15) is 37.3 Å². The molecule has 0 radical (unpaired) electrons. The highest BCUT2D eigenvalue weighted by atomic mass is 35.5. The van der Waals surface area contributed by atoms with Crippen LogP contribution in [-0.4, -0.2) is 9.55 Å². The monoisotopic (exact) mass is 468 g/mol. The van der Waals surface area contributed by atoms with Gasteiger partial charge < -0.3 is 0 Å². The van der Waals surface area contributed by atoms with E-state index in [-0.39, 0.29) is 5.56 Å². The maximum atomic E-state index is 13.4. The lowest BCUT2D eigenvalue weighted by molar-refractivity contribution is 0.732. The Labute approximate surface area is 196 Å². The zero-order valence-electron chi connectivity index (χ0n) is 17.3. The van der Waals surface area contributed by atoms with Gasteiger partial charge in [0.1, 0.15) is 0 Å². The van der Waals surface area contributed by atoms with Crippen LogP contribution in [0.2, 0.25) is 10.0 Å². The van der Waals surface area contributed by atoms with Crippen molar-refractivity contribution < 1.29 is 0 Å². The van der Waals surface area contributed by atoms with Crippen molar-refractivity contribution in [3.63, 3.8) is 0 Å². The van der Waals surface area contributed by atoms with Gasteiger partial charge in [-0.05, 0) is 59.9 Å². The normalized spacial score (nSPS) is 12.3. The molecule has 31 heavy (non-hydrogen) atoms. The van der Waals surface area contributed by atoms with Gasteiger partial charge >= 0.3 is 0 Å². The molecule has 1 unspecified atom stereocenters. The minimum Gasteiger partial charge on any atom is -0.268 e. The van der Waals surface area contributed by atoms with Crippen molar-refractivity contribution in [2.75, 3.05) is 0 Å². The van der Waals surface area contributed by atoms with E-state index in [1.165, 1.54) is 17.3 Å². The first-order chi connectivity index (χ1) is 15.0. The Bertz CT molecular complexity index is 1290. The van der Waals surface area contributed by atoms with Gasteiger partial charge in [-0.15, -0.1) is 0 Å².